The fraction of sp³-hybridized carbons (Fsp3) is 0.615. The molecule has 0 aliphatic heterocycles. The van der Waals surface area contributed by atoms with Gasteiger partial charge in [0.1, 0.15) is 0 Å². The van der Waals surface area contributed by atoms with Crippen molar-refractivity contribution in [2.24, 2.45) is 0 Å². The first-order chi connectivity index (χ1) is 9.50. The molecular weight excluding hydrogens is 281 g/mol. The SMILES string of the molecule is CN(CCNS(=O)(=O)c1ncccc1F)C1CCCC1. The molecular formula is C13H20FN3O2S. The van der Waals surface area contributed by atoms with E-state index in [2.05, 4.69) is 14.6 Å². The summed E-state index contributed by atoms with van der Waals surface area (Å²) in [6.07, 6.45) is 6.07. The van der Waals surface area contributed by atoms with Gasteiger partial charge in [-0.2, -0.15) is 0 Å². The number of pyridine rings is 1. The minimum absolute atomic E-state index is 0.255. The first kappa shape index (κ1) is 15.3. The van der Waals surface area contributed by atoms with Crippen LogP contribution < -0.4 is 4.72 Å². The highest BCUT2D eigenvalue weighted by molar-refractivity contribution is 7.89. The molecule has 1 saturated carbocycles. The van der Waals surface area contributed by atoms with Gasteiger partial charge in [0.05, 0.1) is 0 Å². The van der Waals surface area contributed by atoms with Crippen molar-refractivity contribution in [1.82, 2.24) is 14.6 Å². The van der Waals surface area contributed by atoms with Crippen molar-refractivity contribution in [3.8, 4) is 0 Å². The van der Waals surface area contributed by atoms with E-state index in [0.717, 1.165) is 18.9 Å². The van der Waals surface area contributed by atoms with E-state index in [1.54, 1.807) is 0 Å². The number of hydrogen-bond acceptors (Lipinski definition) is 4. The van der Waals surface area contributed by atoms with Gasteiger partial charge in [0, 0.05) is 25.3 Å². The normalized spacial score (nSPS) is 16.9. The molecule has 0 amide bonds. The maximum atomic E-state index is 13.4. The van der Waals surface area contributed by atoms with Crippen LogP contribution in [0, 0.1) is 5.82 Å². The third kappa shape index (κ3) is 3.74. The van der Waals surface area contributed by atoms with Crippen LogP contribution in [0.2, 0.25) is 0 Å². The monoisotopic (exact) mass is 301 g/mol. The van der Waals surface area contributed by atoms with Crippen LogP contribution in [0.3, 0.4) is 0 Å². The third-order valence-electron chi connectivity index (χ3n) is 3.68. The van der Waals surface area contributed by atoms with Crippen molar-refractivity contribution in [2.45, 2.75) is 36.8 Å². The molecule has 0 saturated heterocycles. The topological polar surface area (TPSA) is 62.3 Å². The first-order valence-electron chi connectivity index (χ1n) is 6.81. The van der Waals surface area contributed by atoms with Gasteiger partial charge in [-0.05, 0) is 32.0 Å². The van der Waals surface area contributed by atoms with Gasteiger partial charge < -0.3 is 4.90 Å². The van der Waals surface area contributed by atoms with Crippen LogP contribution in [0.5, 0.6) is 0 Å². The Bertz CT molecular complexity index is 544. The molecule has 0 spiro atoms. The van der Waals surface area contributed by atoms with Crippen molar-refractivity contribution < 1.29 is 12.8 Å². The number of sulfonamides is 1. The predicted octanol–water partition coefficient (Wildman–Crippen LogP) is 1.37. The number of hydrogen-bond donors (Lipinski definition) is 1. The van der Waals surface area contributed by atoms with Crippen LogP contribution in [0.15, 0.2) is 23.4 Å². The molecule has 1 heterocycles. The Balaban J connectivity index is 1.88. The summed E-state index contributed by atoms with van der Waals surface area (Å²) in [5.74, 6) is -0.829. The summed E-state index contributed by atoms with van der Waals surface area (Å²) >= 11 is 0. The molecule has 1 aliphatic carbocycles. The Labute approximate surface area is 119 Å². The summed E-state index contributed by atoms with van der Waals surface area (Å²) < 4.78 is 39.7. The van der Waals surface area contributed by atoms with Crippen molar-refractivity contribution in [1.29, 1.82) is 0 Å². The number of likely N-dealkylation sites (N-methyl/N-ethyl adjacent to an activating group) is 1. The van der Waals surface area contributed by atoms with E-state index >= 15 is 0 Å². The molecule has 1 aliphatic rings. The van der Waals surface area contributed by atoms with Gasteiger partial charge in [-0.1, -0.05) is 12.8 Å². The molecule has 0 unspecified atom stereocenters. The van der Waals surface area contributed by atoms with E-state index < -0.39 is 20.9 Å². The molecule has 1 N–H and O–H groups in total. The van der Waals surface area contributed by atoms with Crippen molar-refractivity contribution in [2.75, 3.05) is 20.1 Å². The van der Waals surface area contributed by atoms with Gasteiger partial charge in [0.15, 0.2) is 5.82 Å². The number of nitrogens with one attached hydrogen (secondary N) is 1. The van der Waals surface area contributed by atoms with Gasteiger partial charge in [0.25, 0.3) is 10.0 Å². The minimum atomic E-state index is -3.87. The number of aromatic nitrogens is 1. The molecule has 1 fully saturated rings. The maximum absolute atomic E-state index is 13.4. The van der Waals surface area contributed by atoms with Crippen LogP contribution in [-0.2, 0) is 10.0 Å². The Morgan fingerprint density at radius 2 is 2.15 bits per heavy atom. The summed E-state index contributed by atoms with van der Waals surface area (Å²) in [5.41, 5.74) is 0. The second-order valence-corrected chi connectivity index (χ2v) is 6.79. The van der Waals surface area contributed by atoms with Gasteiger partial charge in [0.2, 0.25) is 5.03 Å². The van der Waals surface area contributed by atoms with E-state index in [1.165, 1.54) is 25.1 Å². The van der Waals surface area contributed by atoms with Crippen molar-refractivity contribution in [3.05, 3.63) is 24.1 Å². The second-order valence-electron chi connectivity index (χ2n) is 5.11. The summed E-state index contributed by atoms with van der Waals surface area (Å²) in [6, 6.07) is 2.99. The van der Waals surface area contributed by atoms with Crippen molar-refractivity contribution >= 4 is 10.0 Å². The van der Waals surface area contributed by atoms with Crippen LogP contribution in [0.25, 0.3) is 0 Å². The average molecular weight is 301 g/mol. The fourth-order valence-corrected chi connectivity index (χ4v) is 3.54. The van der Waals surface area contributed by atoms with E-state index in [4.69, 9.17) is 0 Å². The third-order valence-corrected chi connectivity index (χ3v) is 5.08. The van der Waals surface area contributed by atoms with E-state index in [9.17, 15) is 12.8 Å². The molecule has 112 valence electrons. The lowest BCUT2D eigenvalue weighted by molar-refractivity contribution is 0.250. The number of halogens is 1. The van der Waals surface area contributed by atoms with E-state index in [0.29, 0.717) is 12.6 Å². The summed E-state index contributed by atoms with van der Waals surface area (Å²) in [7, 11) is -1.88. The second kappa shape index (κ2) is 6.60. The minimum Gasteiger partial charge on any atom is -0.302 e. The van der Waals surface area contributed by atoms with Gasteiger partial charge in [-0.3, -0.25) is 0 Å². The average Bonchev–Trinajstić information content (AvgIpc) is 2.92. The molecule has 0 aromatic carbocycles. The number of nitrogens with zero attached hydrogens (tertiary/aromatic N) is 2. The quantitative estimate of drug-likeness (QED) is 0.862. The van der Waals surface area contributed by atoms with Gasteiger partial charge in [-0.15, -0.1) is 0 Å². The molecule has 1 aromatic rings. The largest absolute Gasteiger partial charge is 0.302 e. The maximum Gasteiger partial charge on any atom is 0.261 e. The Morgan fingerprint density at radius 3 is 2.80 bits per heavy atom. The van der Waals surface area contributed by atoms with E-state index in [-0.39, 0.29) is 6.54 Å². The predicted molar refractivity (Wildman–Crippen MR) is 74.3 cm³/mol. The van der Waals surface area contributed by atoms with Gasteiger partial charge in [-0.25, -0.2) is 22.5 Å². The Morgan fingerprint density at radius 1 is 1.45 bits per heavy atom. The first-order valence-corrected chi connectivity index (χ1v) is 8.29. The Hall–Kier alpha value is -1.05. The highest BCUT2D eigenvalue weighted by atomic mass is 32.2. The molecule has 7 heteroatoms. The fourth-order valence-electron chi connectivity index (χ4n) is 2.52. The van der Waals surface area contributed by atoms with Gasteiger partial charge >= 0.3 is 0 Å². The van der Waals surface area contributed by atoms with E-state index in [1.807, 2.05) is 7.05 Å². The molecule has 20 heavy (non-hydrogen) atoms. The van der Waals surface area contributed by atoms with Crippen LogP contribution in [0.4, 0.5) is 4.39 Å². The standard InChI is InChI=1S/C13H20FN3O2S/c1-17(11-5-2-3-6-11)10-9-16-20(18,19)13-12(14)7-4-8-15-13/h4,7-8,11,16H,2-3,5-6,9-10H2,1H3. The summed E-state index contributed by atoms with van der Waals surface area (Å²) in [4.78, 5) is 5.74. The summed E-state index contributed by atoms with van der Waals surface area (Å²) in [6.45, 7) is 0.865. The molecule has 5 nitrogen and oxygen atoms in total. The molecule has 2 rings (SSSR count). The highest BCUT2D eigenvalue weighted by Crippen LogP contribution is 2.21. The Kier molecular flexibility index (Phi) is 5.06. The lowest BCUT2D eigenvalue weighted by Gasteiger charge is -2.23. The zero-order valence-corrected chi connectivity index (χ0v) is 12.4. The molecule has 0 atom stereocenters. The molecule has 0 radical (unpaired) electrons. The zero-order chi connectivity index (χ0) is 14.6. The summed E-state index contributed by atoms with van der Waals surface area (Å²) in [5, 5.41) is -0.538. The lowest BCUT2D eigenvalue weighted by atomic mass is 10.2. The highest BCUT2D eigenvalue weighted by Gasteiger charge is 2.22. The van der Waals surface area contributed by atoms with Crippen LogP contribution in [-0.4, -0.2) is 44.5 Å². The lowest BCUT2D eigenvalue weighted by Crippen LogP contribution is -2.37. The van der Waals surface area contributed by atoms with Crippen LogP contribution >= 0.6 is 0 Å². The smallest absolute Gasteiger partial charge is 0.261 e. The number of rotatable bonds is 6. The zero-order valence-electron chi connectivity index (χ0n) is 11.5. The molecule has 1 aromatic heterocycles. The van der Waals surface area contributed by atoms with Crippen molar-refractivity contribution in [3.63, 3.8) is 0 Å². The molecule has 0 bridgehead atoms. The van der Waals surface area contributed by atoms with Crippen LogP contribution in [0.1, 0.15) is 25.7 Å².